The van der Waals surface area contributed by atoms with Crippen LogP contribution in [0.25, 0.3) is 22.5 Å². The van der Waals surface area contributed by atoms with E-state index in [9.17, 15) is 4.79 Å². The molecule has 0 N–H and O–H groups in total. The first kappa shape index (κ1) is 20.0. The van der Waals surface area contributed by atoms with E-state index in [1.807, 2.05) is 0 Å². The molecule has 1 aromatic heterocycles. The van der Waals surface area contributed by atoms with E-state index in [4.69, 9.17) is 4.98 Å². The maximum absolute atomic E-state index is 12.4. The quantitative estimate of drug-likeness (QED) is 0.562. The van der Waals surface area contributed by atoms with Crippen LogP contribution in [0.15, 0.2) is 48.5 Å². The molecular weight excluding hydrogens is 382 g/mol. The first-order chi connectivity index (χ1) is 15.0. The molecular formula is C27H31N3O. The lowest BCUT2D eigenvalue weighted by atomic mass is 10.0. The van der Waals surface area contributed by atoms with Gasteiger partial charge in [0.2, 0.25) is 5.91 Å². The Bertz CT molecular complexity index is 1110. The third kappa shape index (κ3) is 4.04. The molecule has 1 saturated heterocycles. The molecule has 1 aliphatic carbocycles. The Morgan fingerprint density at radius 3 is 2.42 bits per heavy atom. The molecule has 3 aromatic rings. The SMILES string of the molecule is Cc1cccc(-c2ccc(-c3nc(C)c(C)n3CC3CCN(C(=O)C4CC4)C3)cc2)c1. The number of aromatic nitrogens is 2. The second-order valence-electron chi connectivity index (χ2n) is 9.38. The predicted molar refractivity (Wildman–Crippen MR) is 125 cm³/mol. The third-order valence-corrected chi connectivity index (χ3v) is 6.92. The fraction of sp³-hybridized carbons (Fsp3) is 0.407. The van der Waals surface area contributed by atoms with Gasteiger partial charge in [0.05, 0.1) is 5.69 Å². The minimum Gasteiger partial charge on any atom is -0.342 e. The van der Waals surface area contributed by atoms with Crippen LogP contribution in [-0.4, -0.2) is 33.4 Å². The number of nitrogens with zero attached hydrogens (tertiary/aromatic N) is 3. The number of aryl methyl sites for hydroxylation is 2. The zero-order valence-electron chi connectivity index (χ0n) is 18.8. The zero-order valence-corrected chi connectivity index (χ0v) is 18.8. The van der Waals surface area contributed by atoms with Crippen molar-refractivity contribution in [2.75, 3.05) is 13.1 Å². The van der Waals surface area contributed by atoms with Crippen molar-refractivity contribution < 1.29 is 4.79 Å². The topological polar surface area (TPSA) is 38.1 Å². The van der Waals surface area contributed by atoms with Crippen molar-refractivity contribution in [2.24, 2.45) is 11.8 Å². The lowest BCUT2D eigenvalue weighted by Gasteiger charge is -2.18. The fourth-order valence-corrected chi connectivity index (χ4v) is 4.76. The Balaban J connectivity index is 1.37. The van der Waals surface area contributed by atoms with E-state index in [1.165, 1.54) is 22.4 Å². The summed E-state index contributed by atoms with van der Waals surface area (Å²) in [6, 6.07) is 17.4. The number of benzene rings is 2. The van der Waals surface area contributed by atoms with E-state index in [-0.39, 0.29) is 0 Å². The summed E-state index contributed by atoms with van der Waals surface area (Å²) < 4.78 is 2.37. The monoisotopic (exact) mass is 413 g/mol. The fourth-order valence-electron chi connectivity index (χ4n) is 4.76. The van der Waals surface area contributed by atoms with Crippen molar-refractivity contribution in [3.05, 3.63) is 65.5 Å². The molecule has 1 aliphatic heterocycles. The second-order valence-corrected chi connectivity index (χ2v) is 9.38. The lowest BCUT2D eigenvalue weighted by molar-refractivity contribution is -0.131. The molecule has 5 rings (SSSR count). The summed E-state index contributed by atoms with van der Waals surface area (Å²) in [4.78, 5) is 19.5. The standard InChI is InChI=1S/C27H31N3O/c1-18-5-4-6-25(15-18)22-7-9-23(10-8-22)26-28-19(2)20(3)30(26)17-21-13-14-29(16-21)27(31)24-11-12-24/h4-10,15,21,24H,11-14,16-17H2,1-3H3. The van der Waals surface area contributed by atoms with Gasteiger partial charge in [0.1, 0.15) is 5.82 Å². The number of imidazole rings is 1. The highest BCUT2D eigenvalue weighted by molar-refractivity contribution is 5.81. The smallest absolute Gasteiger partial charge is 0.225 e. The third-order valence-electron chi connectivity index (χ3n) is 6.92. The molecule has 2 heterocycles. The molecule has 0 spiro atoms. The number of hydrogen-bond acceptors (Lipinski definition) is 2. The van der Waals surface area contributed by atoms with Crippen LogP contribution in [0.3, 0.4) is 0 Å². The zero-order chi connectivity index (χ0) is 21.5. The van der Waals surface area contributed by atoms with Crippen LogP contribution in [0.2, 0.25) is 0 Å². The van der Waals surface area contributed by atoms with Crippen molar-refractivity contribution in [3.8, 4) is 22.5 Å². The van der Waals surface area contributed by atoms with Crippen LogP contribution in [0.4, 0.5) is 0 Å². The average Bonchev–Trinajstić information content (AvgIpc) is 3.46. The summed E-state index contributed by atoms with van der Waals surface area (Å²) in [5.74, 6) is 2.24. The summed E-state index contributed by atoms with van der Waals surface area (Å²) >= 11 is 0. The Kier molecular flexibility index (Phi) is 5.17. The Morgan fingerprint density at radius 2 is 1.71 bits per heavy atom. The normalized spacial score (nSPS) is 18.5. The molecule has 1 unspecified atom stereocenters. The second kappa shape index (κ2) is 7.99. The van der Waals surface area contributed by atoms with E-state index in [2.05, 4.69) is 78.8 Å². The Morgan fingerprint density at radius 1 is 0.968 bits per heavy atom. The minimum atomic E-state index is 0.318. The van der Waals surface area contributed by atoms with Gasteiger partial charge in [-0.2, -0.15) is 0 Å². The largest absolute Gasteiger partial charge is 0.342 e. The summed E-state index contributed by atoms with van der Waals surface area (Å²) in [7, 11) is 0. The lowest BCUT2D eigenvalue weighted by Crippen LogP contribution is -2.30. The van der Waals surface area contributed by atoms with Crippen molar-refractivity contribution in [2.45, 2.75) is 46.6 Å². The Hall–Kier alpha value is -2.88. The van der Waals surface area contributed by atoms with E-state index in [1.54, 1.807) is 0 Å². The van der Waals surface area contributed by atoms with Crippen LogP contribution in [0, 0.1) is 32.6 Å². The van der Waals surface area contributed by atoms with Crippen molar-refractivity contribution in [3.63, 3.8) is 0 Å². The first-order valence-electron chi connectivity index (χ1n) is 11.5. The van der Waals surface area contributed by atoms with Gasteiger partial charge in [0, 0.05) is 36.8 Å². The molecule has 2 fully saturated rings. The number of carbonyl (C=O) groups is 1. The van der Waals surface area contributed by atoms with Gasteiger partial charge in [0.25, 0.3) is 0 Å². The van der Waals surface area contributed by atoms with Gasteiger partial charge in [-0.1, -0.05) is 54.1 Å². The highest BCUT2D eigenvalue weighted by Gasteiger charge is 2.36. The van der Waals surface area contributed by atoms with E-state index in [0.29, 0.717) is 17.7 Å². The summed E-state index contributed by atoms with van der Waals surface area (Å²) in [6.45, 7) is 9.10. The van der Waals surface area contributed by atoms with Crippen LogP contribution < -0.4 is 0 Å². The minimum absolute atomic E-state index is 0.318. The summed E-state index contributed by atoms with van der Waals surface area (Å²) in [5, 5.41) is 0. The van der Waals surface area contributed by atoms with Crippen molar-refractivity contribution >= 4 is 5.91 Å². The molecule has 160 valence electrons. The van der Waals surface area contributed by atoms with Crippen LogP contribution >= 0.6 is 0 Å². The Labute approximate surface area is 184 Å². The number of carbonyl (C=O) groups excluding carboxylic acids is 1. The molecule has 0 radical (unpaired) electrons. The summed E-state index contributed by atoms with van der Waals surface area (Å²) in [5.41, 5.74) is 7.20. The highest BCUT2D eigenvalue weighted by atomic mass is 16.2. The maximum atomic E-state index is 12.4. The number of hydrogen-bond donors (Lipinski definition) is 0. The molecule has 4 heteroatoms. The van der Waals surface area contributed by atoms with E-state index >= 15 is 0 Å². The number of amides is 1. The van der Waals surface area contributed by atoms with Gasteiger partial charge in [-0.25, -0.2) is 4.98 Å². The van der Waals surface area contributed by atoms with Gasteiger partial charge in [-0.3, -0.25) is 4.79 Å². The van der Waals surface area contributed by atoms with Crippen molar-refractivity contribution in [1.82, 2.24) is 14.5 Å². The van der Waals surface area contributed by atoms with Gasteiger partial charge in [-0.15, -0.1) is 0 Å². The molecule has 31 heavy (non-hydrogen) atoms. The maximum Gasteiger partial charge on any atom is 0.225 e. The molecule has 0 bridgehead atoms. The molecule has 2 aromatic carbocycles. The van der Waals surface area contributed by atoms with Gasteiger partial charge in [-0.05, 0) is 57.1 Å². The summed E-state index contributed by atoms with van der Waals surface area (Å²) in [6.07, 6.45) is 3.26. The molecule has 1 saturated carbocycles. The molecule has 2 aliphatic rings. The molecule has 1 atom stereocenters. The van der Waals surface area contributed by atoms with Gasteiger partial charge < -0.3 is 9.47 Å². The highest BCUT2D eigenvalue weighted by Crippen LogP contribution is 2.34. The van der Waals surface area contributed by atoms with E-state index < -0.39 is 0 Å². The molecule has 1 amide bonds. The predicted octanol–water partition coefficient (Wildman–Crippen LogP) is 5.40. The molecule has 4 nitrogen and oxygen atoms in total. The van der Waals surface area contributed by atoms with Gasteiger partial charge >= 0.3 is 0 Å². The van der Waals surface area contributed by atoms with Crippen LogP contribution in [0.5, 0.6) is 0 Å². The first-order valence-corrected chi connectivity index (χ1v) is 11.5. The number of likely N-dealkylation sites (tertiary alicyclic amines) is 1. The van der Waals surface area contributed by atoms with Crippen LogP contribution in [0.1, 0.15) is 36.2 Å². The van der Waals surface area contributed by atoms with E-state index in [0.717, 1.165) is 56.0 Å². The average molecular weight is 414 g/mol. The number of rotatable bonds is 5. The van der Waals surface area contributed by atoms with Crippen molar-refractivity contribution in [1.29, 1.82) is 0 Å². The van der Waals surface area contributed by atoms with Gasteiger partial charge in [0.15, 0.2) is 0 Å². The van der Waals surface area contributed by atoms with Crippen LogP contribution in [-0.2, 0) is 11.3 Å².